The van der Waals surface area contributed by atoms with Crippen LogP contribution in [0.25, 0.3) is 0 Å². The molecule has 1 N–H and O–H groups in total. The first kappa shape index (κ1) is 12.0. The lowest BCUT2D eigenvalue weighted by molar-refractivity contribution is 0.0888. The zero-order valence-corrected chi connectivity index (χ0v) is 11.2. The van der Waals surface area contributed by atoms with Gasteiger partial charge in [-0.2, -0.15) is 0 Å². The van der Waals surface area contributed by atoms with Gasteiger partial charge in [0.25, 0.3) is 0 Å². The highest BCUT2D eigenvalue weighted by Gasteiger charge is 2.24. The molecule has 4 nitrogen and oxygen atoms in total. The van der Waals surface area contributed by atoms with E-state index in [2.05, 4.69) is 16.9 Å². The predicted molar refractivity (Wildman–Crippen MR) is 76.1 cm³/mol. The van der Waals surface area contributed by atoms with Gasteiger partial charge in [-0.05, 0) is 12.1 Å². The molecular formula is C14H14N2O2S. The molecule has 3 rings (SSSR count). The third kappa shape index (κ3) is 2.56. The van der Waals surface area contributed by atoms with E-state index in [1.807, 2.05) is 29.6 Å². The van der Waals surface area contributed by atoms with Gasteiger partial charge in [-0.3, -0.25) is 0 Å². The number of nitrogens with one attached hydrogen (secondary N) is 1. The number of anilines is 1. The largest absolute Gasteiger partial charge is 0.485 e. The smallest absolute Gasteiger partial charge is 0.183 e. The highest BCUT2D eigenvalue weighted by Crippen LogP contribution is 2.36. The summed E-state index contributed by atoms with van der Waals surface area (Å²) in [5.74, 6) is 1.56. The minimum Gasteiger partial charge on any atom is -0.485 e. The minimum absolute atomic E-state index is 0.148. The first-order chi connectivity index (χ1) is 9.36. The van der Waals surface area contributed by atoms with Crippen molar-refractivity contribution < 1.29 is 9.47 Å². The Morgan fingerprint density at radius 2 is 2.26 bits per heavy atom. The molecule has 1 aromatic heterocycles. The lowest BCUT2D eigenvalue weighted by Gasteiger charge is -2.25. The Morgan fingerprint density at radius 3 is 3.11 bits per heavy atom. The molecule has 1 aromatic carbocycles. The number of ether oxygens (including phenoxy) is 2. The Kier molecular flexibility index (Phi) is 3.37. The van der Waals surface area contributed by atoms with Gasteiger partial charge in [0.2, 0.25) is 0 Å². The van der Waals surface area contributed by atoms with Gasteiger partial charge in [-0.25, -0.2) is 4.98 Å². The molecule has 1 atom stereocenters. The zero-order chi connectivity index (χ0) is 13.1. The van der Waals surface area contributed by atoms with Crippen molar-refractivity contribution in [1.29, 1.82) is 0 Å². The maximum atomic E-state index is 5.91. The average Bonchev–Trinajstić information content (AvgIpc) is 2.93. The van der Waals surface area contributed by atoms with E-state index >= 15 is 0 Å². The van der Waals surface area contributed by atoms with E-state index in [-0.39, 0.29) is 6.10 Å². The van der Waals surface area contributed by atoms with Gasteiger partial charge in [-0.1, -0.05) is 18.2 Å². The van der Waals surface area contributed by atoms with Gasteiger partial charge >= 0.3 is 0 Å². The molecule has 0 saturated heterocycles. The molecule has 98 valence electrons. The molecule has 0 unspecified atom stereocenters. The van der Waals surface area contributed by atoms with Crippen LogP contribution in [0.1, 0.15) is 11.8 Å². The summed E-state index contributed by atoms with van der Waals surface area (Å²) in [7, 11) is 0. The topological polar surface area (TPSA) is 43.4 Å². The molecule has 0 aliphatic carbocycles. The number of para-hydroxylation sites is 2. The fourth-order valence-corrected chi connectivity index (χ4v) is 2.60. The summed E-state index contributed by atoms with van der Waals surface area (Å²) in [6.45, 7) is 4.86. The number of aromatic nitrogens is 1. The lowest BCUT2D eigenvalue weighted by atomic mass is 10.2. The number of nitrogens with zero attached hydrogens (tertiary/aromatic N) is 1. The van der Waals surface area contributed by atoms with Crippen molar-refractivity contribution in [2.45, 2.75) is 6.10 Å². The van der Waals surface area contributed by atoms with E-state index in [1.165, 1.54) is 0 Å². The second-order valence-electron chi connectivity index (χ2n) is 4.11. The van der Waals surface area contributed by atoms with Gasteiger partial charge < -0.3 is 14.8 Å². The molecule has 1 aliphatic rings. The molecule has 0 amide bonds. The lowest BCUT2D eigenvalue weighted by Crippen LogP contribution is -2.21. The Labute approximate surface area is 115 Å². The second-order valence-corrected chi connectivity index (χ2v) is 4.97. The maximum absolute atomic E-state index is 5.91. The molecule has 0 fully saturated rings. The SMILES string of the molecule is C=CCNc1nc([C@H]2COc3ccccc3O2)cs1. The molecule has 0 spiro atoms. The molecule has 1 aliphatic heterocycles. The van der Waals surface area contributed by atoms with Crippen LogP contribution in [0.15, 0.2) is 42.3 Å². The molecular weight excluding hydrogens is 260 g/mol. The summed E-state index contributed by atoms with van der Waals surface area (Å²) in [6.07, 6.45) is 1.66. The third-order valence-corrected chi connectivity index (χ3v) is 3.58. The monoisotopic (exact) mass is 274 g/mol. The van der Waals surface area contributed by atoms with E-state index in [0.29, 0.717) is 13.2 Å². The van der Waals surface area contributed by atoms with Crippen molar-refractivity contribution in [3.63, 3.8) is 0 Å². The quantitative estimate of drug-likeness (QED) is 0.869. The Balaban J connectivity index is 1.74. The van der Waals surface area contributed by atoms with E-state index in [0.717, 1.165) is 22.3 Å². The maximum Gasteiger partial charge on any atom is 0.183 e. The van der Waals surface area contributed by atoms with E-state index in [4.69, 9.17) is 9.47 Å². The number of benzene rings is 1. The van der Waals surface area contributed by atoms with Crippen LogP contribution in [0.4, 0.5) is 5.13 Å². The van der Waals surface area contributed by atoms with Crippen molar-refractivity contribution in [3.8, 4) is 11.5 Å². The summed E-state index contributed by atoms with van der Waals surface area (Å²) >= 11 is 1.56. The highest BCUT2D eigenvalue weighted by molar-refractivity contribution is 7.13. The fraction of sp³-hybridized carbons (Fsp3) is 0.214. The summed E-state index contributed by atoms with van der Waals surface area (Å²) in [6, 6.07) is 7.68. The van der Waals surface area contributed by atoms with Crippen molar-refractivity contribution in [1.82, 2.24) is 4.98 Å². The molecule has 0 saturated carbocycles. The number of hydrogen-bond donors (Lipinski definition) is 1. The van der Waals surface area contributed by atoms with Crippen molar-refractivity contribution in [3.05, 3.63) is 48.0 Å². The number of rotatable bonds is 4. The van der Waals surface area contributed by atoms with E-state index in [9.17, 15) is 0 Å². The van der Waals surface area contributed by atoms with Gasteiger partial charge in [0.1, 0.15) is 6.61 Å². The van der Waals surface area contributed by atoms with Crippen LogP contribution in [0.5, 0.6) is 11.5 Å². The average molecular weight is 274 g/mol. The number of fused-ring (bicyclic) bond motifs is 1. The highest BCUT2D eigenvalue weighted by atomic mass is 32.1. The molecule has 2 aromatic rings. The van der Waals surface area contributed by atoms with Crippen LogP contribution < -0.4 is 14.8 Å². The van der Waals surface area contributed by atoms with E-state index < -0.39 is 0 Å². The van der Waals surface area contributed by atoms with E-state index in [1.54, 1.807) is 17.4 Å². The van der Waals surface area contributed by atoms with Gasteiger partial charge in [-0.15, -0.1) is 17.9 Å². The molecule has 19 heavy (non-hydrogen) atoms. The first-order valence-corrected chi connectivity index (χ1v) is 6.93. The summed E-state index contributed by atoms with van der Waals surface area (Å²) in [5.41, 5.74) is 0.895. The van der Waals surface area contributed by atoms with Crippen LogP contribution in [0, 0.1) is 0 Å². The predicted octanol–water partition coefficient (Wildman–Crippen LogP) is 3.25. The minimum atomic E-state index is -0.148. The van der Waals surface area contributed by atoms with Crippen LogP contribution in [-0.2, 0) is 0 Å². The molecule has 5 heteroatoms. The molecule has 2 heterocycles. The number of hydrogen-bond acceptors (Lipinski definition) is 5. The van der Waals surface area contributed by atoms with Gasteiger partial charge in [0, 0.05) is 11.9 Å². The molecule has 0 radical (unpaired) electrons. The Morgan fingerprint density at radius 1 is 1.42 bits per heavy atom. The summed E-state index contributed by atoms with van der Waals surface area (Å²) < 4.78 is 11.6. The summed E-state index contributed by atoms with van der Waals surface area (Å²) in [4.78, 5) is 4.50. The van der Waals surface area contributed by atoms with Gasteiger partial charge in [0.15, 0.2) is 22.7 Å². The Bertz CT molecular complexity index is 582. The van der Waals surface area contributed by atoms with Gasteiger partial charge in [0.05, 0.1) is 5.69 Å². The van der Waals surface area contributed by atoms with Crippen LogP contribution in [0.3, 0.4) is 0 Å². The van der Waals surface area contributed by atoms with Crippen molar-refractivity contribution in [2.24, 2.45) is 0 Å². The first-order valence-electron chi connectivity index (χ1n) is 6.05. The molecule has 0 bridgehead atoms. The van der Waals surface area contributed by atoms with Crippen LogP contribution in [0.2, 0.25) is 0 Å². The Hall–Kier alpha value is -2.01. The fourth-order valence-electron chi connectivity index (χ4n) is 1.84. The second kappa shape index (κ2) is 5.32. The standard InChI is InChI=1S/C14H14N2O2S/c1-2-7-15-14-16-10(9-19-14)13-8-17-11-5-3-4-6-12(11)18-13/h2-6,9,13H,1,7-8H2,(H,15,16)/t13-/m1/s1. The normalized spacial score (nSPS) is 16.9. The van der Waals surface area contributed by atoms with Crippen molar-refractivity contribution in [2.75, 3.05) is 18.5 Å². The van der Waals surface area contributed by atoms with Crippen LogP contribution >= 0.6 is 11.3 Å². The van der Waals surface area contributed by atoms with Crippen molar-refractivity contribution >= 4 is 16.5 Å². The van der Waals surface area contributed by atoms with Crippen LogP contribution in [-0.4, -0.2) is 18.1 Å². The number of thiazole rings is 1. The zero-order valence-electron chi connectivity index (χ0n) is 10.3. The third-order valence-electron chi connectivity index (χ3n) is 2.76. The summed E-state index contributed by atoms with van der Waals surface area (Å²) in [5, 5.41) is 6.03.